The van der Waals surface area contributed by atoms with Crippen LogP contribution in [0.5, 0.6) is 0 Å². The predicted molar refractivity (Wildman–Crippen MR) is 63.4 cm³/mol. The number of carbonyl (C=O) groups is 1. The lowest BCUT2D eigenvalue weighted by Crippen LogP contribution is -2.51. The number of carbonyl (C=O) groups excluding carboxylic acids is 1. The van der Waals surface area contributed by atoms with Crippen LogP contribution in [0.3, 0.4) is 0 Å². The van der Waals surface area contributed by atoms with Crippen LogP contribution in [0.4, 0.5) is 5.82 Å². The maximum Gasteiger partial charge on any atom is 0.253 e. The van der Waals surface area contributed by atoms with Crippen molar-refractivity contribution < 1.29 is 4.79 Å². The van der Waals surface area contributed by atoms with Crippen LogP contribution < -0.4 is 11.1 Å². The Balaban J connectivity index is 2.17. The number of hydrogen-bond acceptors (Lipinski definition) is 3. The standard InChI is InChI=1S/C11H14ClN3O/c1-11(3-2-4-11)15-10(16)7-5-9(13)14-6-8(7)12/h5-6H,2-4H2,1H3,(H2,13,14)(H,15,16). The lowest BCUT2D eigenvalue weighted by atomic mass is 9.78. The maximum atomic E-state index is 11.9. The summed E-state index contributed by atoms with van der Waals surface area (Å²) in [5.74, 6) is 0.120. The molecule has 3 N–H and O–H groups in total. The Morgan fingerprint density at radius 3 is 2.88 bits per heavy atom. The van der Waals surface area contributed by atoms with E-state index in [1.165, 1.54) is 12.3 Å². The maximum absolute atomic E-state index is 11.9. The first-order valence-electron chi connectivity index (χ1n) is 5.24. The number of nitrogens with two attached hydrogens (primary N) is 1. The van der Waals surface area contributed by atoms with Gasteiger partial charge in [0.1, 0.15) is 5.82 Å². The Hall–Kier alpha value is -1.29. The van der Waals surface area contributed by atoms with Gasteiger partial charge in [0.25, 0.3) is 5.91 Å². The van der Waals surface area contributed by atoms with Gasteiger partial charge in [-0.25, -0.2) is 4.98 Å². The normalized spacial score (nSPS) is 17.6. The number of amides is 1. The predicted octanol–water partition coefficient (Wildman–Crippen LogP) is 1.99. The van der Waals surface area contributed by atoms with Crippen molar-refractivity contribution in [1.29, 1.82) is 0 Å². The fraction of sp³-hybridized carbons (Fsp3) is 0.455. The summed E-state index contributed by atoms with van der Waals surface area (Å²) in [7, 11) is 0. The van der Waals surface area contributed by atoms with E-state index in [1.54, 1.807) is 0 Å². The average molecular weight is 240 g/mol. The summed E-state index contributed by atoms with van der Waals surface area (Å²) in [6.45, 7) is 2.03. The molecule has 1 heterocycles. The summed E-state index contributed by atoms with van der Waals surface area (Å²) in [6, 6.07) is 1.50. The highest BCUT2D eigenvalue weighted by molar-refractivity contribution is 6.33. The van der Waals surface area contributed by atoms with Crippen LogP contribution >= 0.6 is 11.6 Å². The Morgan fingerprint density at radius 1 is 1.62 bits per heavy atom. The van der Waals surface area contributed by atoms with E-state index in [-0.39, 0.29) is 11.4 Å². The summed E-state index contributed by atoms with van der Waals surface area (Å²) in [6.07, 6.45) is 4.58. The minimum atomic E-state index is -0.179. The van der Waals surface area contributed by atoms with Gasteiger partial charge in [-0.1, -0.05) is 11.6 Å². The first kappa shape index (κ1) is 11.2. The average Bonchev–Trinajstić information content (AvgIpc) is 2.19. The molecule has 0 aromatic carbocycles. The largest absolute Gasteiger partial charge is 0.384 e. The van der Waals surface area contributed by atoms with Gasteiger partial charge in [0.2, 0.25) is 0 Å². The van der Waals surface area contributed by atoms with Crippen LogP contribution in [-0.2, 0) is 0 Å². The lowest BCUT2D eigenvalue weighted by Gasteiger charge is -2.39. The minimum absolute atomic E-state index is 0.0849. The van der Waals surface area contributed by atoms with Crippen molar-refractivity contribution in [3.63, 3.8) is 0 Å². The van der Waals surface area contributed by atoms with Crippen molar-refractivity contribution in [2.24, 2.45) is 0 Å². The van der Waals surface area contributed by atoms with Gasteiger partial charge >= 0.3 is 0 Å². The van der Waals surface area contributed by atoms with Crippen molar-refractivity contribution >= 4 is 23.3 Å². The van der Waals surface area contributed by atoms with Gasteiger partial charge in [-0.05, 0) is 32.3 Å². The molecule has 0 radical (unpaired) electrons. The summed E-state index contributed by atoms with van der Waals surface area (Å²) in [5.41, 5.74) is 5.83. The topological polar surface area (TPSA) is 68.0 Å². The highest BCUT2D eigenvalue weighted by Crippen LogP contribution is 2.31. The van der Waals surface area contributed by atoms with Crippen molar-refractivity contribution in [3.05, 3.63) is 22.8 Å². The number of nitrogens with zero attached hydrogens (tertiary/aromatic N) is 1. The smallest absolute Gasteiger partial charge is 0.253 e. The van der Waals surface area contributed by atoms with E-state index in [9.17, 15) is 4.79 Å². The van der Waals surface area contributed by atoms with Crippen molar-refractivity contribution in [1.82, 2.24) is 10.3 Å². The molecular weight excluding hydrogens is 226 g/mol. The molecule has 0 atom stereocenters. The molecule has 4 nitrogen and oxygen atoms in total. The zero-order chi connectivity index (χ0) is 11.8. The Labute approximate surface area is 99.2 Å². The molecule has 1 fully saturated rings. The van der Waals surface area contributed by atoms with Crippen LogP contribution in [0.25, 0.3) is 0 Å². The van der Waals surface area contributed by atoms with E-state index in [4.69, 9.17) is 17.3 Å². The van der Waals surface area contributed by atoms with Crippen molar-refractivity contribution in [2.75, 3.05) is 5.73 Å². The van der Waals surface area contributed by atoms with Gasteiger partial charge < -0.3 is 11.1 Å². The van der Waals surface area contributed by atoms with Crippen LogP contribution in [0.15, 0.2) is 12.3 Å². The molecule has 1 aliphatic carbocycles. The monoisotopic (exact) mass is 239 g/mol. The second-order valence-corrected chi connectivity index (χ2v) is 4.86. The summed E-state index contributed by atoms with van der Waals surface area (Å²) in [5, 5.41) is 3.30. The number of hydrogen-bond donors (Lipinski definition) is 2. The number of nitrogens with one attached hydrogen (secondary N) is 1. The van der Waals surface area contributed by atoms with Crippen molar-refractivity contribution in [2.45, 2.75) is 31.7 Å². The third-order valence-electron chi connectivity index (χ3n) is 2.99. The number of anilines is 1. The van der Waals surface area contributed by atoms with Gasteiger partial charge in [0, 0.05) is 11.7 Å². The van der Waals surface area contributed by atoms with Crippen LogP contribution in [0.1, 0.15) is 36.5 Å². The Morgan fingerprint density at radius 2 is 2.31 bits per heavy atom. The molecule has 86 valence electrons. The molecule has 1 saturated carbocycles. The molecule has 0 saturated heterocycles. The van der Waals surface area contributed by atoms with E-state index in [0.29, 0.717) is 16.4 Å². The number of halogens is 1. The second-order valence-electron chi connectivity index (χ2n) is 4.46. The van der Waals surface area contributed by atoms with Gasteiger partial charge in [-0.3, -0.25) is 4.79 Å². The van der Waals surface area contributed by atoms with Crippen molar-refractivity contribution in [3.8, 4) is 0 Å². The fourth-order valence-electron chi connectivity index (χ4n) is 1.80. The van der Waals surface area contributed by atoms with E-state index in [0.717, 1.165) is 19.3 Å². The molecule has 0 spiro atoms. The first-order chi connectivity index (χ1) is 7.50. The molecule has 1 aromatic rings. The molecule has 0 unspecified atom stereocenters. The summed E-state index contributed by atoms with van der Waals surface area (Å²) in [4.78, 5) is 15.8. The quantitative estimate of drug-likeness (QED) is 0.829. The number of nitrogen functional groups attached to an aromatic ring is 1. The second kappa shape index (κ2) is 3.94. The van der Waals surface area contributed by atoms with Gasteiger partial charge in [0.15, 0.2) is 0 Å². The lowest BCUT2D eigenvalue weighted by molar-refractivity contribution is 0.0850. The van der Waals surface area contributed by atoms with Gasteiger partial charge in [0.05, 0.1) is 10.6 Å². The van der Waals surface area contributed by atoms with Crippen LogP contribution in [-0.4, -0.2) is 16.4 Å². The fourth-order valence-corrected chi connectivity index (χ4v) is 1.99. The Bertz CT molecular complexity index is 429. The highest BCUT2D eigenvalue weighted by Gasteiger charge is 2.33. The minimum Gasteiger partial charge on any atom is -0.384 e. The van der Waals surface area contributed by atoms with E-state index >= 15 is 0 Å². The molecule has 0 bridgehead atoms. The van der Waals surface area contributed by atoms with Gasteiger partial charge in [-0.2, -0.15) is 0 Å². The van der Waals surface area contributed by atoms with Gasteiger partial charge in [-0.15, -0.1) is 0 Å². The zero-order valence-electron chi connectivity index (χ0n) is 9.09. The molecule has 1 aliphatic rings. The van der Waals surface area contributed by atoms with E-state index in [1.807, 2.05) is 6.92 Å². The number of rotatable bonds is 2. The number of aromatic nitrogens is 1. The third kappa shape index (κ3) is 2.11. The molecule has 2 rings (SSSR count). The number of pyridine rings is 1. The SMILES string of the molecule is CC1(NC(=O)c2cc(N)ncc2Cl)CCC1. The van der Waals surface area contributed by atoms with E-state index < -0.39 is 0 Å². The molecule has 0 aliphatic heterocycles. The van der Waals surface area contributed by atoms with Crippen LogP contribution in [0.2, 0.25) is 5.02 Å². The zero-order valence-corrected chi connectivity index (χ0v) is 9.84. The Kier molecular flexibility index (Phi) is 2.76. The molecular formula is C11H14ClN3O. The molecule has 16 heavy (non-hydrogen) atoms. The molecule has 1 aromatic heterocycles. The van der Waals surface area contributed by atoms with Crippen LogP contribution in [0, 0.1) is 0 Å². The molecule has 5 heteroatoms. The highest BCUT2D eigenvalue weighted by atomic mass is 35.5. The molecule has 1 amide bonds. The third-order valence-corrected chi connectivity index (χ3v) is 3.29. The van der Waals surface area contributed by atoms with E-state index in [2.05, 4.69) is 10.3 Å². The first-order valence-corrected chi connectivity index (χ1v) is 5.61. The summed E-state index contributed by atoms with van der Waals surface area (Å²) >= 11 is 5.90. The summed E-state index contributed by atoms with van der Waals surface area (Å²) < 4.78 is 0.